The van der Waals surface area contributed by atoms with E-state index in [0.29, 0.717) is 32.6 Å². The fourth-order valence-electron chi connectivity index (χ4n) is 2.09. The first-order valence-corrected chi connectivity index (χ1v) is 8.06. The van der Waals surface area contributed by atoms with Gasteiger partial charge in [-0.2, -0.15) is 4.31 Å². The van der Waals surface area contributed by atoms with Crippen molar-refractivity contribution >= 4 is 15.8 Å². The van der Waals surface area contributed by atoms with E-state index in [1.807, 2.05) is 6.92 Å². The van der Waals surface area contributed by atoms with Gasteiger partial charge in [-0.3, -0.25) is 4.98 Å². The summed E-state index contributed by atoms with van der Waals surface area (Å²) in [6.45, 7) is 6.03. The Morgan fingerprint density at radius 2 is 1.95 bits per heavy atom. The molecule has 1 aromatic rings. The van der Waals surface area contributed by atoms with Gasteiger partial charge in [0, 0.05) is 38.6 Å². The van der Waals surface area contributed by atoms with E-state index in [2.05, 4.69) is 14.9 Å². The molecule has 1 aliphatic heterocycles. The van der Waals surface area contributed by atoms with Crippen LogP contribution in [-0.2, 0) is 10.0 Å². The van der Waals surface area contributed by atoms with Crippen LogP contribution in [0.5, 0.6) is 0 Å². The number of aromatic nitrogens is 2. The zero-order valence-corrected chi connectivity index (χ0v) is 12.2. The molecule has 2 heterocycles. The van der Waals surface area contributed by atoms with Gasteiger partial charge >= 0.3 is 0 Å². The van der Waals surface area contributed by atoms with Gasteiger partial charge in [0.05, 0.1) is 11.4 Å². The molecule has 0 spiro atoms. The average Bonchev–Trinajstić information content (AvgIpc) is 2.47. The molecule has 1 aromatic heterocycles. The van der Waals surface area contributed by atoms with Crippen LogP contribution in [0.4, 0.5) is 5.82 Å². The molecule has 1 saturated heterocycles. The summed E-state index contributed by atoms with van der Waals surface area (Å²) in [6, 6.07) is 0. The lowest BCUT2D eigenvalue weighted by atomic mass is 10.3. The van der Waals surface area contributed by atoms with Crippen molar-refractivity contribution in [1.82, 2.24) is 14.3 Å². The third-order valence-corrected chi connectivity index (χ3v) is 5.99. The van der Waals surface area contributed by atoms with E-state index in [1.54, 1.807) is 29.8 Å². The predicted molar refractivity (Wildman–Crippen MR) is 74.5 cm³/mol. The molecule has 1 fully saturated rings. The van der Waals surface area contributed by atoms with Crippen LogP contribution in [0.3, 0.4) is 0 Å². The number of anilines is 1. The molecule has 0 aromatic carbocycles. The number of nitrogens with zero attached hydrogens (tertiary/aromatic N) is 4. The maximum Gasteiger partial charge on any atom is 0.216 e. The minimum atomic E-state index is -3.15. The summed E-state index contributed by atoms with van der Waals surface area (Å²) in [5.41, 5.74) is 0. The third kappa shape index (κ3) is 3.03. The Labute approximate surface area is 114 Å². The summed E-state index contributed by atoms with van der Waals surface area (Å²) in [7, 11) is -3.15. The first-order chi connectivity index (χ1) is 9.05. The van der Waals surface area contributed by atoms with Crippen LogP contribution in [0.25, 0.3) is 0 Å². The summed E-state index contributed by atoms with van der Waals surface area (Å²) in [5, 5.41) is -0.310. The minimum Gasteiger partial charge on any atom is -0.353 e. The fraction of sp³-hybridized carbons (Fsp3) is 0.667. The Kier molecular flexibility index (Phi) is 4.36. The molecule has 1 unspecified atom stereocenters. The molecule has 0 aliphatic carbocycles. The van der Waals surface area contributed by atoms with Gasteiger partial charge in [-0.05, 0) is 13.3 Å². The van der Waals surface area contributed by atoms with Crippen molar-refractivity contribution < 1.29 is 8.42 Å². The summed E-state index contributed by atoms with van der Waals surface area (Å²) in [4.78, 5) is 10.3. The van der Waals surface area contributed by atoms with Crippen molar-refractivity contribution in [2.24, 2.45) is 0 Å². The predicted octanol–water partition coefficient (Wildman–Crippen LogP) is 0.727. The number of piperazine rings is 1. The molecule has 2 rings (SSSR count). The van der Waals surface area contributed by atoms with E-state index in [9.17, 15) is 8.42 Å². The van der Waals surface area contributed by atoms with Crippen LogP contribution in [-0.4, -0.2) is 54.1 Å². The topological polar surface area (TPSA) is 66.4 Å². The molecule has 106 valence electrons. The molecule has 0 amide bonds. The van der Waals surface area contributed by atoms with Crippen LogP contribution in [0, 0.1) is 0 Å². The van der Waals surface area contributed by atoms with E-state index >= 15 is 0 Å². The lowest BCUT2D eigenvalue weighted by Gasteiger charge is -2.35. The van der Waals surface area contributed by atoms with Crippen molar-refractivity contribution in [1.29, 1.82) is 0 Å². The van der Waals surface area contributed by atoms with E-state index < -0.39 is 10.0 Å². The van der Waals surface area contributed by atoms with E-state index in [-0.39, 0.29) is 5.25 Å². The van der Waals surface area contributed by atoms with Gasteiger partial charge in [0.15, 0.2) is 0 Å². The molecule has 0 radical (unpaired) electrons. The van der Waals surface area contributed by atoms with Crippen molar-refractivity contribution in [3.63, 3.8) is 0 Å². The van der Waals surface area contributed by atoms with Crippen LogP contribution in [0.1, 0.15) is 20.3 Å². The molecule has 0 N–H and O–H groups in total. The molecule has 0 bridgehead atoms. The quantitative estimate of drug-likeness (QED) is 0.815. The Morgan fingerprint density at radius 3 is 2.47 bits per heavy atom. The number of rotatable bonds is 4. The Balaban J connectivity index is 2.00. The number of hydrogen-bond donors (Lipinski definition) is 0. The Bertz CT molecular complexity index is 498. The highest BCUT2D eigenvalue weighted by atomic mass is 32.2. The lowest BCUT2D eigenvalue weighted by Crippen LogP contribution is -2.50. The Hall–Kier alpha value is -1.21. The van der Waals surface area contributed by atoms with Gasteiger partial charge in [-0.15, -0.1) is 0 Å². The van der Waals surface area contributed by atoms with Crippen molar-refractivity contribution in [3.8, 4) is 0 Å². The highest BCUT2D eigenvalue weighted by Gasteiger charge is 2.30. The third-order valence-electron chi connectivity index (χ3n) is 3.56. The fourth-order valence-corrected chi connectivity index (χ4v) is 3.69. The van der Waals surface area contributed by atoms with E-state index in [1.165, 1.54) is 0 Å². The van der Waals surface area contributed by atoms with Gasteiger partial charge in [0.1, 0.15) is 5.82 Å². The van der Waals surface area contributed by atoms with Crippen LogP contribution in [0.15, 0.2) is 18.6 Å². The second-order valence-corrected chi connectivity index (χ2v) is 7.06. The molecular formula is C12H20N4O2S. The largest absolute Gasteiger partial charge is 0.353 e. The monoisotopic (exact) mass is 284 g/mol. The SMILES string of the molecule is CCC(C)S(=O)(=O)N1CCN(c2cnccn2)CC1. The number of sulfonamides is 1. The second kappa shape index (κ2) is 5.83. The first kappa shape index (κ1) is 14.2. The molecule has 0 saturated carbocycles. The zero-order chi connectivity index (χ0) is 13.9. The normalized spacial score (nSPS) is 19.4. The molecule has 19 heavy (non-hydrogen) atoms. The van der Waals surface area contributed by atoms with Gasteiger partial charge in [0.2, 0.25) is 10.0 Å². The highest BCUT2D eigenvalue weighted by molar-refractivity contribution is 7.89. The van der Waals surface area contributed by atoms with Crippen molar-refractivity contribution in [3.05, 3.63) is 18.6 Å². The minimum absolute atomic E-state index is 0.310. The number of hydrogen-bond acceptors (Lipinski definition) is 5. The van der Waals surface area contributed by atoms with Gasteiger partial charge in [-0.1, -0.05) is 6.92 Å². The van der Waals surface area contributed by atoms with Crippen LogP contribution < -0.4 is 4.90 Å². The standard InChI is InChI=1S/C12H20N4O2S/c1-3-11(2)19(17,18)16-8-6-15(7-9-16)12-10-13-4-5-14-12/h4-5,10-11H,3,6-9H2,1-2H3. The van der Waals surface area contributed by atoms with Crippen molar-refractivity contribution in [2.45, 2.75) is 25.5 Å². The average molecular weight is 284 g/mol. The molecule has 6 nitrogen and oxygen atoms in total. The molecule has 1 aliphatic rings. The molecule has 1 atom stereocenters. The van der Waals surface area contributed by atoms with E-state index in [4.69, 9.17) is 0 Å². The summed E-state index contributed by atoms with van der Waals surface area (Å²) >= 11 is 0. The zero-order valence-electron chi connectivity index (χ0n) is 11.4. The van der Waals surface area contributed by atoms with Gasteiger partial charge in [0.25, 0.3) is 0 Å². The van der Waals surface area contributed by atoms with Crippen molar-refractivity contribution in [2.75, 3.05) is 31.1 Å². The smallest absolute Gasteiger partial charge is 0.216 e. The lowest BCUT2D eigenvalue weighted by molar-refractivity contribution is 0.378. The highest BCUT2D eigenvalue weighted by Crippen LogP contribution is 2.17. The van der Waals surface area contributed by atoms with Crippen LogP contribution in [0.2, 0.25) is 0 Å². The van der Waals surface area contributed by atoms with Gasteiger partial charge in [-0.25, -0.2) is 13.4 Å². The second-order valence-electron chi connectivity index (χ2n) is 4.71. The summed E-state index contributed by atoms with van der Waals surface area (Å²) in [5.74, 6) is 0.808. The molecular weight excluding hydrogens is 264 g/mol. The van der Waals surface area contributed by atoms with Gasteiger partial charge < -0.3 is 4.90 Å². The van der Waals surface area contributed by atoms with E-state index in [0.717, 1.165) is 5.82 Å². The summed E-state index contributed by atoms with van der Waals surface area (Å²) in [6.07, 6.45) is 5.64. The molecule has 7 heteroatoms. The van der Waals surface area contributed by atoms with Crippen LogP contribution >= 0.6 is 0 Å². The maximum absolute atomic E-state index is 12.2. The first-order valence-electron chi connectivity index (χ1n) is 6.55. The Morgan fingerprint density at radius 1 is 1.26 bits per heavy atom. The summed E-state index contributed by atoms with van der Waals surface area (Å²) < 4.78 is 26.1. The maximum atomic E-state index is 12.2.